The summed E-state index contributed by atoms with van der Waals surface area (Å²) in [5, 5.41) is 10.3. The third kappa shape index (κ3) is 3.88. The minimum atomic E-state index is -0.500. The van der Waals surface area contributed by atoms with Crippen LogP contribution in [0.25, 0.3) is 11.5 Å². The van der Waals surface area contributed by atoms with Crippen molar-refractivity contribution in [1.82, 2.24) is 20.8 Å². The molecule has 0 spiro atoms. The highest BCUT2D eigenvalue weighted by Gasteiger charge is 2.40. The average Bonchev–Trinajstić information content (AvgIpc) is 3.14. The Bertz CT molecular complexity index is 690. The summed E-state index contributed by atoms with van der Waals surface area (Å²) < 4.78 is 10.6. The zero-order valence-corrected chi connectivity index (χ0v) is 14.6. The summed E-state index contributed by atoms with van der Waals surface area (Å²) in [7, 11) is 1.63. The first-order valence-electron chi connectivity index (χ1n) is 8.54. The molecule has 7 heteroatoms. The fourth-order valence-corrected chi connectivity index (χ4v) is 3.14. The van der Waals surface area contributed by atoms with E-state index in [1.54, 1.807) is 7.11 Å². The van der Waals surface area contributed by atoms with E-state index in [0.717, 1.165) is 31.5 Å². The molecule has 2 heterocycles. The van der Waals surface area contributed by atoms with Crippen LogP contribution in [0.5, 0.6) is 0 Å². The predicted molar refractivity (Wildman–Crippen MR) is 92.7 cm³/mol. The molecule has 1 atom stereocenters. The number of nitrogens with zero attached hydrogens (tertiary/aromatic N) is 2. The summed E-state index contributed by atoms with van der Waals surface area (Å²) in [6.07, 6.45) is 1.50. The molecule has 0 saturated carbocycles. The van der Waals surface area contributed by atoms with Crippen molar-refractivity contribution in [3.63, 3.8) is 0 Å². The van der Waals surface area contributed by atoms with Crippen molar-refractivity contribution >= 4 is 5.91 Å². The molecule has 7 nitrogen and oxygen atoms in total. The smallest absolute Gasteiger partial charge is 0.257 e. The molecule has 134 valence electrons. The van der Waals surface area contributed by atoms with E-state index >= 15 is 0 Å². The van der Waals surface area contributed by atoms with Gasteiger partial charge in [-0.2, -0.15) is 4.98 Å². The van der Waals surface area contributed by atoms with Crippen LogP contribution in [0.3, 0.4) is 0 Å². The van der Waals surface area contributed by atoms with Crippen LogP contribution in [0.15, 0.2) is 34.9 Å². The van der Waals surface area contributed by atoms with Crippen molar-refractivity contribution in [2.24, 2.45) is 5.41 Å². The Hall–Kier alpha value is -2.25. The Kier molecular flexibility index (Phi) is 5.45. The number of amides is 1. The molecule has 0 radical (unpaired) electrons. The summed E-state index contributed by atoms with van der Waals surface area (Å²) in [6.45, 7) is 3.89. The number of nitrogens with one attached hydrogen (secondary N) is 2. The number of aromatic nitrogens is 2. The Balaban J connectivity index is 1.70. The number of carbonyl (C=O) groups excluding carboxylic acids is 1. The molecule has 1 fully saturated rings. The van der Waals surface area contributed by atoms with Crippen LogP contribution in [-0.2, 0) is 9.53 Å². The molecule has 1 saturated heterocycles. The van der Waals surface area contributed by atoms with E-state index in [9.17, 15) is 4.79 Å². The molecule has 1 aromatic carbocycles. The number of hydrogen-bond donors (Lipinski definition) is 2. The van der Waals surface area contributed by atoms with Crippen LogP contribution >= 0.6 is 0 Å². The molecule has 3 rings (SSSR count). The summed E-state index contributed by atoms with van der Waals surface area (Å²) in [5.41, 5.74) is 0.356. The highest BCUT2D eigenvalue weighted by molar-refractivity contribution is 5.83. The van der Waals surface area contributed by atoms with Gasteiger partial charge < -0.3 is 19.9 Å². The molecule has 1 aromatic heterocycles. The van der Waals surface area contributed by atoms with Gasteiger partial charge in [-0.05, 0) is 45.0 Å². The molecule has 2 aromatic rings. The highest BCUT2D eigenvalue weighted by atomic mass is 16.5. The first-order chi connectivity index (χ1) is 12.1. The fourth-order valence-electron chi connectivity index (χ4n) is 3.14. The highest BCUT2D eigenvalue weighted by Crippen LogP contribution is 2.30. The maximum absolute atomic E-state index is 12.9. The van der Waals surface area contributed by atoms with Gasteiger partial charge in [0, 0.05) is 12.7 Å². The second-order valence-corrected chi connectivity index (χ2v) is 6.48. The van der Waals surface area contributed by atoms with Gasteiger partial charge in [-0.1, -0.05) is 23.4 Å². The zero-order chi connectivity index (χ0) is 17.7. The van der Waals surface area contributed by atoms with Crippen LogP contribution in [0, 0.1) is 5.41 Å². The Morgan fingerprint density at radius 3 is 2.76 bits per heavy atom. The molecule has 1 unspecified atom stereocenters. The third-order valence-electron chi connectivity index (χ3n) is 4.66. The zero-order valence-electron chi connectivity index (χ0n) is 14.6. The van der Waals surface area contributed by atoms with Crippen molar-refractivity contribution in [3.8, 4) is 11.5 Å². The van der Waals surface area contributed by atoms with E-state index in [0.29, 0.717) is 18.3 Å². The number of piperidine rings is 1. The van der Waals surface area contributed by atoms with Crippen LogP contribution < -0.4 is 10.6 Å². The molecule has 25 heavy (non-hydrogen) atoms. The summed E-state index contributed by atoms with van der Waals surface area (Å²) >= 11 is 0. The van der Waals surface area contributed by atoms with E-state index < -0.39 is 5.41 Å². The van der Waals surface area contributed by atoms with Gasteiger partial charge >= 0.3 is 0 Å². The van der Waals surface area contributed by atoms with E-state index in [1.807, 2.05) is 37.3 Å². The Morgan fingerprint density at radius 2 is 2.08 bits per heavy atom. The normalized spacial score (nSPS) is 17.8. The average molecular weight is 344 g/mol. The van der Waals surface area contributed by atoms with Crippen LogP contribution in [0.2, 0.25) is 0 Å². The van der Waals surface area contributed by atoms with Gasteiger partial charge in [-0.25, -0.2) is 0 Å². The van der Waals surface area contributed by atoms with Crippen LogP contribution in [0.1, 0.15) is 31.6 Å². The topological polar surface area (TPSA) is 89.3 Å². The fraction of sp³-hybridized carbons (Fsp3) is 0.500. The summed E-state index contributed by atoms with van der Waals surface area (Å²) in [5.74, 6) is 0.897. The number of ether oxygens (including phenoxy) is 1. The minimum Gasteiger partial charge on any atom is -0.384 e. The predicted octanol–water partition coefficient (Wildman–Crippen LogP) is 1.93. The molecule has 1 aliphatic rings. The lowest BCUT2D eigenvalue weighted by atomic mass is 9.78. The second-order valence-electron chi connectivity index (χ2n) is 6.48. The van der Waals surface area contributed by atoms with E-state index in [1.165, 1.54) is 0 Å². The van der Waals surface area contributed by atoms with Crippen molar-refractivity contribution in [2.45, 2.75) is 25.8 Å². The van der Waals surface area contributed by atoms with Gasteiger partial charge in [0.2, 0.25) is 5.91 Å². The van der Waals surface area contributed by atoms with Crippen molar-refractivity contribution in [1.29, 1.82) is 0 Å². The van der Waals surface area contributed by atoms with Crippen molar-refractivity contribution in [3.05, 3.63) is 36.2 Å². The molecular formula is C18H24N4O3. The lowest BCUT2D eigenvalue weighted by Crippen LogP contribution is -2.50. The summed E-state index contributed by atoms with van der Waals surface area (Å²) in [6, 6.07) is 9.23. The van der Waals surface area contributed by atoms with Crippen molar-refractivity contribution in [2.75, 3.05) is 26.8 Å². The van der Waals surface area contributed by atoms with Crippen molar-refractivity contribution < 1.29 is 14.1 Å². The van der Waals surface area contributed by atoms with Crippen LogP contribution in [-0.4, -0.2) is 42.9 Å². The molecule has 1 aliphatic heterocycles. The second kappa shape index (κ2) is 7.76. The Labute approximate surface area is 147 Å². The number of rotatable bonds is 6. The molecule has 2 N–H and O–H groups in total. The lowest BCUT2D eigenvalue weighted by molar-refractivity contribution is -0.137. The first-order valence-corrected chi connectivity index (χ1v) is 8.54. The maximum Gasteiger partial charge on any atom is 0.257 e. The van der Waals surface area contributed by atoms with E-state index in [4.69, 9.17) is 9.26 Å². The Morgan fingerprint density at radius 1 is 1.36 bits per heavy atom. The first kappa shape index (κ1) is 17.6. The van der Waals surface area contributed by atoms with Gasteiger partial charge in [0.05, 0.1) is 18.1 Å². The number of methoxy groups -OCH3 is 1. The van der Waals surface area contributed by atoms with Gasteiger partial charge in [0.25, 0.3) is 5.89 Å². The van der Waals surface area contributed by atoms with Gasteiger partial charge in [0.15, 0.2) is 5.82 Å². The number of benzene rings is 1. The number of hydrogen-bond acceptors (Lipinski definition) is 6. The molecular weight excluding hydrogens is 320 g/mol. The van der Waals surface area contributed by atoms with E-state index in [-0.39, 0.29) is 11.9 Å². The SMILES string of the molecule is COCC1(C(=O)NC(C)c2noc(-c3ccccc3)n2)CCNCC1. The lowest BCUT2D eigenvalue weighted by Gasteiger charge is -2.36. The molecule has 0 aliphatic carbocycles. The molecule has 1 amide bonds. The maximum atomic E-state index is 12.9. The molecule has 0 bridgehead atoms. The van der Waals surface area contributed by atoms with Gasteiger partial charge in [0.1, 0.15) is 0 Å². The standard InChI is InChI=1S/C18H24N4O3/c1-13(15-21-16(25-22-15)14-6-4-3-5-7-14)20-17(23)18(12-24-2)8-10-19-11-9-18/h3-7,13,19H,8-12H2,1-2H3,(H,20,23). The number of carbonyl (C=O) groups is 1. The minimum absolute atomic E-state index is 0.0191. The monoisotopic (exact) mass is 344 g/mol. The van der Waals surface area contributed by atoms with E-state index in [2.05, 4.69) is 20.8 Å². The quantitative estimate of drug-likeness (QED) is 0.832. The summed E-state index contributed by atoms with van der Waals surface area (Å²) in [4.78, 5) is 17.3. The largest absolute Gasteiger partial charge is 0.384 e. The third-order valence-corrected chi connectivity index (χ3v) is 4.66. The van der Waals surface area contributed by atoms with Crippen LogP contribution in [0.4, 0.5) is 0 Å². The van der Waals surface area contributed by atoms with Gasteiger partial charge in [-0.3, -0.25) is 4.79 Å². The van der Waals surface area contributed by atoms with Gasteiger partial charge in [-0.15, -0.1) is 0 Å².